The number of rotatable bonds is 8. The largest absolute Gasteiger partial charge is 0.497 e. The molecule has 1 aliphatic rings. The first kappa shape index (κ1) is 22.5. The quantitative estimate of drug-likeness (QED) is 0.524. The van der Waals surface area contributed by atoms with Crippen molar-refractivity contribution in [3.63, 3.8) is 0 Å². The number of anilines is 3. The number of carbonyl (C=O) groups excluding carboxylic acids is 1. The first-order valence-corrected chi connectivity index (χ1v) is 11.1. The molecule has 1 aromatic heterocycles. The van der Waals surface area contributed by atoms with Crippen LogP contribution in [0.25, 0.3) is 0 Å². The van der Waals surface area contributed by atoms with Gasteiger partial charge in [0.1, 0.15) is 11.5 Å². The van der Waals surface area contributed by atoms with Crippen LogP contribution in [0.2, 0.25) is 0 Å². The summed E-state index contributed by atoms with van der Waals surface area (Å²) in [6.45, 7) is 8.26. The van der Waals surface area contributed by atoms with E-state index in [9.17, 15) is 4.79 Å². The Labute approximate surface area is 195 Å². The normalized spacial score (nSPS) is 14.8. The van der Waals surface area contributed by atoms with Gasteiger partial charge in [-0.05, 0) is 68.8 Å². The topological polar surface area (TPSA) is 66.9 Å². The molecule has 33 heavy (non-hydrogen) atoms. The van der Waals surface area contributed by atoms with Crippen molar-refractivity contribution in [2.45, 2.75) is 26.9 Å². The Kier molecular flexibility index (Phi) is 6.40. The minimum absolute atomic E-state index is 0.139. The van der Waals surface area contributed by atoms with Crippen molar-refractivity contribution in [1.82, 2.24) is 4.98 Å². The highest BCUT2D eigenvalue weighted by Gasteiger charge is 2.40. The van der Waals surface area contributed by atoms with Crippen LogP contribution < -0.4 is 24.6 Å². The van der Waals surface area contributed by atoms with Gasteiger partial charge < -0.3 is 19.7 Å². The Hall–Kier alpha value is -3.74. The molecular weight excluding hydrogens is 416 g/mol. The number of amides is 1. The third-order valence-electron chi connectivity index (χ3n) is 6.08. The van der Waals surface area contributed by atoms with Gasteiger partial charge in [-0.25, -0.2) is 0 Å². The highest BCUT2D eigenvalue weighted by atomic mass is 16.5. The number of hydrogen-bond acceptors (Lipinski definition) is 6. The van der Waals surface area contributed by atoms with E-state index >= 15 is 0 Å². The molecule has 172 valence electrons. The fourth-order valence-electron chi connectivity index (χ4n) is 4.29. The Balaban J connectivity index is 1.78. The maximum Gasteiger partial charge on any atom is 0.262 e. The summed E-state index contributed by atoms with van der Waals surface area (Å²) in [7, 11) is 3.19. The second kappa shape index (κ2) is 9.40. The van der Waals surface area contributed by atoms with Gasteiger partial charge in [-0.15, -0.1) is 0 Å². The number of nitrogens with one attached hydrogen (secondary N) is 1. The maximum atomic E-state index is 13.5. The molecule has 0 fully saturated rings. The second-order valence-electron chi connectivity index (χ2n) is 7.87. The van der Waals surface area contributed by atoms with E-state index < -0.39 is 6.17 Å². The molecule has 2 aromatic carbocycles. The summed E-state index contributed by atoms with van der Waals surface area (Å²) in [5.74, 6) is 1.08. The summed E-state index contributed by atoms with van der Waals surface area (Å²) in [6.07, 6.45) is 1.22. The van der Waals surface area contributed by atoms with Gasteiger partial charge in [0.05, 0.1) is 31.2 Å². The van der Waals surface area contributed by atoms with Crippen molar-refractivity contribution in [3.8, 4) is 11.5 Å². The summed E-state index contributed by atoms with van der Waals surface area (Å²) < 4.78 is 11.0. The van der Waals surface area contributed by atoms with E-state index in [1.54, 1.807) is 37.4 Å². The number of aryl methyl sites for hydroxylation is 1. The average molecular weight is 447 g/mol. The predicted molar refractivity (Wildman–Crippen MR) is 132 cm³/mol. The number of nitrogens with zero attached hydrogens (tertiary/aromatic N) is 3. The zero-order valence-electron chi connectivity index (χ0n) is 19.8. The van der Waals surface area contributed by atoms with Crippen LogP contribution in [-0.4, -0.2) is 38.2 Å². The summed E-state index contributed by atoms with van der Waals surface area (Å²) in [6, 6.07) is 15.4. The van der Waals surface area contributed by atoms with E-state index in [0.29, 0.717) is 28.4 Å². The molecule has 7 nitrogen and oxygen atoms in total. The summed E-state index contributed by atoms with van der Waals surface area (Å²) in [4.78, 5) is 22.1. The number of fused-ring (bicyclic) bond motifs is 1. The molecule has 2 heterocycles. The number of ether oxygens (including phenoxy) is 2. The lowest BCUT2D eigenvalue weighted by atomic mass is 10.1. The van der Waals surface area contributed by atoms with Crippen LogP contribution in [-0.2, 0) is 0 Å². The van der Waals surface area contributed by atoms with Crippen molar-refractivity contribution in [2.75, 3.05) is 42.4 Å². The van der Waals surface area contributed by atoms with Gasteiger partial charge in [-0.3, -0.25) is 14.7 Å². The Morgan fingerprint density at radius 3 is 2.52 bits per heavy atom. The molecule has 4 rings (SSSR count). The molecule has 1 amide bonds. The van der Waals surface area contributed by atoms with E-state index in [0.717, 1.165) is 24.3 Å². The second-order valence-corrected chi connectivity index (χ2v) is 7.87. The molecular formula is C26H30N4O3. The SMILES string of the molecule is CCN(CC)c1ccc(N[C@@H]2c3ncccc3C(=O)N2c2cc(OC)ccc2OC)c(C)c1. The number of carbonyl (C=O) groups is 1. The fraction of sp³-hybridized carbons (Fsp3) is 0.308. The first-order chi connectivity index (χ1) is 16.0. The Morgan fingerprint density at radius 2 is 1.85 bits per heavy atom. The van der Waals surface area contributed by atoms with Crippen molar-refractivity contribution < 1.29 is 14.3 Å². The van der Waals surface area contributed by atoms with Gasteiger partial charge in [0.15, 0.2) is 6.17 Å². The molecule has 1 aliphatic heterocycles. The number of benzene rings is 2. The number of pyridine rings is 1. The molecule has 3 aromatic rings. The van der Waals surface area contributed by atoms with Crippen molar-refractivity contribution in [3.05, 3.63) is 71.5 Å². The molecule has 0 saturated carbocycles. The van der Waals surface area contributed by atoms with Crippen LogP contribution in [0.5, 0.6) is 11.5 Å². The maximum absolute atomic E-state index is 13.5. The number of hydrogen-bond donors (Lipinski definition) is 1. The third-order valence-corrected chi connectivity index (χ3v) is 6.08. The molecule has 1 N–H and O–H groups in total. The Morgan fingerprint density at radius 1 is 1.06 bits per heavy atom. The number of aromatic nitrogens is 1. The van der Waals surface area contributed by atoms with Crippen LogP contribution >= 0.6 is 0 Å². The highest BCUT2D eigenvalue weighted by Crippen LogP contribution is 2.43. The summed E-state index contributed by atoms with van der Waals surface area (Å²) >= 11 is 0. The highest BCUT2D eigenvalue weighted by molar-refractivity contribution is 6.11. The van der Waals surface area contributed by atoms with Crippen molar-refractivity contribution in [2.24, 2.45) is 0 Å². The lowest BCUT2D eigenvalue weighted by Crippen LogP contribution is -2.33. The summed E-state index contributed by atoms with van der Waals surface area (Å²) in [5.41, 5.74) is 5.07. The molecule has 0 unspecified atom stereocenters. The van der Waals surface area contributed by atoms with Crippen LogP contribution in [0.1, 0.15) is 41.6 Å². The van der Waals surface area contributed by atoms with Gasteiger partial charge in [0.2, 0.25) is 0 Å². The van der Waals surface area contributed by atoms with Crippen LogP contribution in [0.3, 0.4) is 0 Å². The van der Waals surface area contributed by atoms with Gasteiger partial charge in [-0.2, -0.15) is 0 Å². The van der Waals surface area contributed by atoms with E-state index in [1.165, 1.54) is 5.69 Å². The molecule has 0 spiro atoms. The molecule has 0 aliphatic carbocycles. The van der Waals surface area contributed by atoms with Crippen molar-refractivity contribution in [1.29, 1.82) is 0 Å². The van der Waals surface area contributed by atoms with Crippen molar-refractivity contribution >= 4 is 23.0 Å². The molecule has 1 atom stereocenters. The molecule has 0 saturated heterocycles. The zero-order valence-corrected chi connectivity index (χ0v) is 19.8. The van der Waals surface area contributed by atoms with Crippen LogP contribution in [0.15, 0.2) is 54.7 Å². The first-order valence-electron chi connectivity index (χ1n) is 11.1. The molecule has 7 heteroatoms. The lowest BCUT2D eigenvalue weighted by Gasteiger charge is -2.29. The standard InChI is InChI=1S/C26H30N4O3/c1-6-29(7-2)18-10-12-21(17(3)15-18)28-25-24-20(9-8-14-27-24)26(31)30(25)22-16-19(32-4)11-13-23(22)33-5/h8-16,25,28H,6-7H2,1-5H3/t25-/m0/s1. The van der Waals surface area contributed by atoms with Crippen LogP contribution in [0, 0.1) is 6.92 Å². The predicted octanol–water partition coefficient (Wildman–Crippen LogP) is 5.02. The van der Waals surface area contributed by atoms with E-state index in [2.05, 4.69) is 54.2 Å². The average Bonchev–Trinajstić information content (AvgIpc) is 3.12. The Bertz CT molecular complexity index is 1160. The number of methoxy groups -OCH3 is 2. The fourth-order valence-corrected chi connectivity index (χ4v) is 4.29. The monoisotopic (exact) mass is 446 g/mol. The van der Waals surface area contributed by atoms with Gasteiger partial charge in [0.25, 0.3) is 5.91 Å². The van der Waals surface area contributed by atoms with Gasteiger partial charge in [0, 0.05) is 36.7 Å². The lowest BCUT2D eigenvalue weighted by molar-refractivity contribution is 0.0992. The third kappa shape index (κ3) is 4.06. The van der Waals surface area contributed by atoms with E-state index in [-0.39, 0.29) is 5.91 Å². The summed E-state index contributed by atoms with van der Waals surface area (Å²) in [5, 5.41) is 3.56. The van der Waals surface area contributed by atoms with E-state index in [1.807, 2.05) is 18.2 Å². The van der Waals surface area contributed by atoms with E-state index in [4.69, 9.17) is 9.47 Å². The van der Waals surface area contributed by atoms with Gasteiger partial charge in [-0.1, -0.05) is 0 Å². The minimum Gasteiger partial charge on any atom is -0.497 e. The zero-order chi connectivity index (χ0) is 23.5. The van der Waals surface area contributed by atoms with Crippen LogP contribution in [0.4, 0.5) is 17.1 Å². The molecule has 0 radical (unpaired) electrons. The molecule has 0 bridgehead atoms. The van der Waals surface area contributed by atoms with Gasteiger partial charge >= 0.3 is 0 Å². The minimum atomic E-state index is -0.493. The smallest absolute Gasteiger partial charge is 0.262 e.